The molecule has 0 aromatic rings. The van der Waals surface area contributed by atoms with E-state index in [0.29, 0.717) is 23.9 Å². The second-order valence-corrected chi connectivity index (χ2v) is 21.8. The smallest absolute Gasteiger partial charge is 0.462 e. The minimum Gasteiger partial charge on any atom is -0.462 e. The Hall–Kier alpha value is -1.25. The van der Waals surface area contributed by atoms with Crippen molar-refractivity contribution in [1.82, 2.24) is 0 Å². The van der Waals surface area contributed by atoms with Crippen molar-refractivity contribution in [3.05, 3.63) is 12.2 Å². The molecule has 0 amide bonds. The van der Waals surface area contributed by atoms with Crippen LogP contribution in [0.15, 0.2) is 12.2 Å². The van der Waals surface area contributed by atoms with Gasteiger partial charge in [0.25, 0.3) is 0 Å². The molecule has 10 heteroatoms. The van der Waals surface area contributed by atoms with Gasteiger partial charge in [0.1, 0.15) is 19.8 Å². The fourth-order valence-corrected chi connectivity index (χ4v) is 8.94. The average Bonchev–Trinajstić information content (AvgIpc) is 3.26. The number of phosphoric ester groups is 1. The molecule has 0 aromatic carbocycles. The van der Waals surface area contributed by atoms with Gasteiger partial charge in [0.2, 0.25) is 0 Å². The molecule has 65 heavy (non-hydrogen) atoms. The van der Waals surface area contributed by atoms with Gasteiger partial charge in [0.05, 0.1) is 27.7 Å². The molecule has 0 heterocycles. The fraction of sp³-hybridized carbons (Fsp3) is 0.927. The van der Waals surface area contributed by atoms with Gasteiger partial charge in [0, 0.05) is 12.8 Å². The van der Waals surface area contributed by atoms with Gasteiger partial charge in [0.15, 0.2) is 6.10 Å². The molecule has 0 fully saturated rings. The van der Waals surface area contributed by atoms with E-state index in [1.807, 2.05) is 21.1 Å². The largest absolute Gasteiger partial charge is 0.472 e. The van der Waals surface area contributed by atoms with Gasteiger partial charge >= 0.3 is 19.8 Å². The Morgan fingerprint density at radius 2 is 0.800 bits per heavy atom. The maximum atomic E-state index is 12.8. The van der Waals surface area contributed by atoms with Crippen molar-refractivity contribution in [2.24, 2.45) is 0 Å². The van der Waals surface area contributed by atoms with Crippen LogP contribution in [0, 0.1) is 0 Å². The molecule has 9 nitrogen and oxygen atoms in total. The summed E-state index contributed by atoms with van der Waals surface area (Å²) in [5, 5.41) is 0. The van der Waals surface area contributed by atoms with Crippen LogP contribution in [0.3, 0.4) is 0 Å². The highest BCUT2D eigenvalue weighted by Crippen LogP contribution is 2.43. The molecule has 1 unspecified atom stereocenters. The first-order chi connectivity index (χ1) is 31.5. The highest BCUT2D eigenvalue weighted by atomic mass is 31.2. The maximum Gasteiger partial charge on any atom is 0.472 e. The number of nitrogens with zero attached hydrogens (tertiary/aromatic N) is 1. The van der Waals surface area contributed by atoms with Crippen molar-refractivity contribution in [1.29, 1.82) is 0 Å². The highest BCUT2D eigenvalue weighted by Gasteiger charge is 2.27. The molecular weight excluding hydrogens is 834 g/mol. The van der Waals surface area contributed by atoms with Crippen LogP contribution in [0.2, 0.25) is 0 Å². The molecule has 1 N–H and O–H groups in total. The molecule has 0 aliphatic rings. The molecule has 0 aliphatic heterocycles. The number of hydrogen-bond acceptors (Lipinski definition) is 7. The number of carbonyl (C=O) groups is 2. The van der Waals surface area contributed by atoms with Gasteiger partial charge in [-0.05, 0) is 32.1 Å². The summed E-state index contributed by atoms with van der Waals surface area (Å²) in [6.45, 7) is 4.46. The summed E-state index contributed by atoms with van der Waals surface area (Å²) >= 11 is 0. The summed E-state index contributed by atoms with van der Waals surface area (Å²) in [6, 6.07) is 0. The van der Waals surface area contributed by atoms with E-state index in [9.17, 15) is 19.0 Å². The Labute approximate surface area is 403 Å². The number of hydrogen-bond donors (Lipinski definition) is 1. The Balaban J connectivity index is 4.17. The topological polar surface area (TPSA) is 108 Å². The van der Waals surface area contributed by atoms with Crippen LogP contribution in [0.1, 0.15) is 277 Å². The Kier molecular flexibility index (Phi) is 46.9. The van der Waals surface area contributed by atoms with E-state index in [2.05, 4.69) is 26.0 Å². The highest BCUT2D eigenvalue weighted by molar-refractivity contribution is 7.47. The van der Waals surface area contributed by atoms with Crippen molar-refractivity contribution in [2.75, 3.05) is 47.5 Å². The number of rotatable bonds is 52. The molecule has 0 aromatic heterocycles. The minimum absolute atomic E-state index is 0.0318. The normalized spacial score (nSPS) is 13.4. The first-order valence-electron chi connectivity index (χ1n) is 27.9. The number of quaternary nitrogens is 1. The zero-order valence-corrected chi connectivity index (χ0v) is 44.6. The summed E-state index contributed by atoms with van der Waals surface area (Å²) in [7, 11) is 1.48. The van der Waals surface area contributed by atoms with Gasteiger partial charge in [-0.2, -0.15) is 0 Å². The number of likely N-dealkylation sites (N-methyl/N-ethyl adjacent to an activating group) is 1. The number of unbranched alkanes of at least 4 members (excludes halogenated alkanes) is 36. The molecule has 0 rings (SSSR count). The van der Waals surface area contributed by atoms with Crippen molar-refractivity contribution in [3.63, 3.8) is 0 Å². The van der Waals surface area contributed by atoms with E-state index < -0.39 is 32.5 Å². The summed E-state index contributed by atoms with van der Waals surface area (Å²) in [5.74, 6) is -0.817. The molecule has 386 valence electrons. The first-order valence-corrected chi connectivity index (χ1v) is 29.4. The zero-order valence-electron chi connectivity index (χ0n) is 43.8. The second kappa shape index (κ2) is 47.8. The molecule has 0 saturated heterocycles. The lowest BCUT2D eigenvalue weighted by molar-refractivity contribution is -0.870. The van der Waals surface area contributed by atoms with E-state index in [0.717, 1.165) is 25.7 Å². The van der Waals surface area contributed by atoms with Gasteiger partial charge in [-0.25, -0.2) is 4.57 Å². The summed E-state index contributed by atoms with van der Waals surface area (Å²) in [4.78, 5) is 35.6. The van der Waals surface area contributed by atoms with Gasteiger partial charge < -0.3 is 18.9 Å². The third-order valence-corrected chi connectivity index (χ3v) is 13.5. The van der Waals surface area contributed by atoms with Crippen molar-refractivity contribution in [3.8, 4) is 0 Å². The maximum absolute atomic E-state index is 12.8. The zero-order chi connectivity index (χ0) is 47.8. The number of carbonyl (C=O) groups excluding carboxylic acids is 2. The molecular formula is C55H109NO8P+. The molecule has 0 radical (unpaired) electrons. The lowest BCUT2D eigenvalue weighted by Gasteiger charge is -2.24. The Morgan fingerprint density at radius 1 is 0.462 bits per heavy atom. The number of ether oxygens (including phenoxy) is 2. The van der Waals surface area contributed by atoms with Crippen LogP contribution in [0.4, 0.5) is 0 Å². The van der Waals surface area contributed by atoms with E-state index in [4.69, 9.17) is 18.5 Å². The Morgan fingerprint density at radius 3 is 1.18 bits per heavy atom. The van der Waals surface area contributed by atoms with Crippen molar-refractivity contribution in [2.45, 2.75) is 283 Å². The molecule has 0 saturated carbocycles. The number of esters is 2. The molecule has 2 atom stereocenters. The summed E-state index contributed by atoms with van der Waals surface area (Å²) in [5.41, 5.74) is 0. The SMILES string of the molecule is CCCCCCCCCCCCCCCCCCCC/C=C/CCCC(=O)OC[C@@H](COP(=O)(O)OCC[N+](C)(C)C)OC(=O)CCCCCCCCCCCCCCCCCCCC. The van der Waals surface area contributed by atoms with Crippen LogP contribution >= 0.6 is 7.82 Å². The number of phosphoric acid groups is 1. The minimum atomic E-state index is -4.38. The molecule has 0 spiro atoms. The quantitative estimate of drug-likeness (QED) is 0.0211. The predicted octanol–water partition coefficient (Wildman–Crippen LogP) is 16.9. The van der Waals surface area contributed by atoms with Crippen molar-refractivity contribution >= 4 is 19.8 Å². The summed E-state index contributed by atoms with van der Waals surface area (Å²) < 4.78 is 34.5. The predicted molar refractivity (Wildman–Crippen MR) is 275 cm³/mol. The van der Waals surface area contributed by atoms with Gasteiger partial charge in [-0.15, -0.1) is 0 Å². The number of allylic oxidation sites excluding steroid dienone is 2. The summed E-state index contributed by atoms with van der Waals surface area (Å²) in [6.07, 6.45) is 54.3. The Bertz CT molecular complexity index is 1110. The fourth-order valence-electron chi connectivity index (χ4n) is 8.20. The lowest BCUT2D eigenvalue weighted by Crippen LogP contribution is -2.37. The van der Waals surface area contributed by atoms with Crippen LogP contribution < -0.4 is 0 Å². The average molecular weight is 943 g/mol. The van der Waals surface area contributed by atoms with Crippen LogP contribution in [-0.2, 0) is 32.7 Å². The first kappa shape index (κ1) is 63.8. The van der Waals surface area contributed by atoms with E-state index >= 15 is 0 Å². The molecule has 0 bridgehead atoms. The van der Waals surface area contributed by atoms with Crippen molar-refractivity contribution < 1.29 is 42.1 Å². The van der Waals surface area contributed by atoms with Crippen LogP contribution in [-0.4, -0.2) is 74.9 Å². The monoisotopic (exact) mass is 943 g/mol. The lowest BCUT2D eigenvalue weighted by atomic mass is 10.0. The van der Waals surface area contributed by atoms with Crippen LogP contribution in [0.25, 0.3) is 0 Å². The third-order valence-electron chi connectivity index (χ3n) is 12.5. The van der Waals surface area contributed by atoms with E-state index in [1.165, 1.54) is 212 Å². The molecule has 0 aliphatic carbocycles. The van der Waals surface area contributed by atoms with Gasteiger partial charge in [-0.3, -0.25) is 18.6 Å². The van der Waals surface area contributed by atoms with Crippen LogP contribution in [0.5, 0.6) is 0 Å². The van der Waals surface area contributed by atoms with E-state index in [-0.39, 0.29) is 26.1 Å². The standard InChI is InChI=1S/C55H108NO8P/c1-6-8-10-12-14-16-18-20-22-24-26-27-28-29-30-32-33-35-37-39-41-43-45-47-54(57)61-51-53(52-63-65(59,60)62-50-49-56(3,4)5)64-55(58)48-46-44-42-40-38-36-34-31-25-23-21-19-17-15-13-11-9-7-2/h39,41,53H,6-38,40,42-52H2,1-5H3/p+1/b41-39+/t53-/m0/s1. The van der Waals surface area contributed by atoms with Gasteiger partial charge in [-0.1, -0.05) is 244 Å². The second-order valence-electron chi connectivity index (χ2n) is 20.3. The van der Waals surface area contributed by atoms with E-state index in [1.54, 1.807) is 0 Å². The third kappa shape index (κ3) is 52.0.